The number of amides is 1. The van der Waals surface area contributed by atoms with Crippen LogP contribution in [0.2, 0.25) is 0 Å². The third-order valence-electron chi connectivity index (χ3n) is 3.74. The van der Waals surface area contributed by atoms with Crippen molar-refractivity contribution in [3.8, 4) is 0 Å². The minimum Gasteiger partial charge on any atom is -0.369 e. The van der Waals surface area contributed by atoms with Crippen LogP contribution in [-0.4, -0.2) is 31.1 Å². The number of aryl methyl sites for hydroxylation is 3. The predicted octanol–water partition coefficient (Wildman–Crippen LogP) is 1.62. The molecule has 2 heterocycles. The van der Waals surface area contributed by atoms with E-state index in [0.29, 0.717) is 18.8 Å². The van der Waals surface area contributed by atoms with Crippen LogP contribution in [-0.2, 0) is 31.2 Å². The zero-order valence-corrected chi connectivity index (χ0v) is 13.7. The van der Waals surface area contributed by atoms with Gasteiger partial charge in [0.15, 0.2) is 5.65 Å². The molecular formula is C14H22ClN5O. The first-order valence-electron chi connectivity index (χ1n) is 7.08. The van der Waals surface area contributed by atoms with Crippen molar-refractivity contribution in [2.45, 2.75) is 40.2 Å². The number of carbonyl (C=O) groups is 1. The van der Waals surface area contributed by atoms with Crippen molar-refractivity contribution in [3.63, 3.8) is 0 Å². The smallest absolute Gasteiger partial charge is 0.224 e. The second-order valence-electron chi connectivity index (χ2n) is 5.90. The van der Waals surface area contributed by atoms with Crippen molar-refractivity contribution in [2.24, 2.45) is 18.2 Å². The van der Waals surface area contributed by atoms with Crippen molar-refractivity contribution in [3.05, 3.63) is 11.5 Å². The van der Waals surface area contributed by atoms with Gasteiger partial charge in [0.1, 0.15) is 11.3 Å². The van der Waals surface area contributed by atoms with Crippen LogP contribution in [0.1, 0.15) is 32.3 Å². The van der Waals surface area contributed by atoms with Crippen LogP contribution in [0, 0.1) is 5.41 Å². The first-order valence-corrected chi connectivity index (χ1v) is 7.62. The maximum Gasteiger partial charge on any atom is 0.224 e. The summed E-state index contributed by atoms with van der Waals surface area (Å²) in [5.74, 6) is 1.02. The lowest BCUT2D eigenvalue weighted by molar-refractivity contribution is -0.126. The second kappa shape index (κ2) is 5.67. The van der Waals surface area contributed by atoms with Gasteiger partial charge in [-0.15, -0.1) is 11.6 Å². The number of nitrogens with zero attached hydrogens (tertiary/aromatic N) is 4. The molecule has 0 unspecified atom stereocenters. The quantitative estimate of drug-likeness (QED) is 0.823. The number of rotatable bonds is 6. The molecule has 2 rings (SSSR count). The van der Waals surface area contributed by atoms with Gasteiger partial charge in [-0.3, -0.25) is 9.48 Å². The Labute approximate surface area is 129 Å². The fraction of sp³-hybridized carbons (Fsp3) is 0.643. The molecule has 0 atom stereocenters. The molecule has 2 aromatic rings. The number of aromatic nitrogens is 4. The molecule has 0 aliphatic heterocycles. The molecule has 0 radical (unpaired) electrons. The summed E-state index contributed by atoms with van der Waals surface area (Å²) in [5.41, 5.74) is 7.61. The Morgan fingerprint density at radius 1 is 1.43 bits per heavy atom. The van der Waals surface area contributed by atoms with E-state index >= 15 is 0 Å². The summed E-state index contributed by atoms with van der Waals surface area (Å²) < 4.78 is 3.84. The van der Waals surface area contributed by atoms with Crippen LogP contribution in [0.5, 0.6) is 0 Å². The Morgan fingerprint density at radius 2 is 2.10 bits per heavy atom. The monoisotopic (exact) mass is 311 g/mol. The zero-order chi connectivity index (χ0) is 15.8. The van der Waals surface area contributed by atoms with Crippen LogP contribution in [0.4, 0.5) is 0 Å². The number of hydrogen-bond donors (Lipinski definition) is 1. The number of carbonyl (C=O) groups excluding carboxylic acids is 1. The number of nitrogens with two attached hydrogens (primary N) is 1. The van der Waals surface area contributed by atoms with Gasteiger partial charge in [-0.2, -0.15) is 5.10 Å². The number of fused-ring (bicyclic) bond motifs is 1. The molecule has 0 saturated carbocycles. The highest BCUT2D eigenvalue weighted by atomic mass is 35.5. The average Bonchev–Trinajstić information content (AvgIpc) is 2.89. The lowest BCUT2D eigenvalue weighted by Crippen LogP contribution is -2.36. The normalized spacial score (nSPS) is 12.2. The van der Waals surface area contributed by atoms with Gasteiger partial charge in [-0.05, 0) is 20.3 Å². The summed E-state index contributed by atoms with van der Waals surface area (Å²) >= 11 is 5.88. The molecule has 6 nitrogen and oxygen atoms in total. The molecule has 2 aromatic heterocycles. The van der Waals surface area contributed by atoms with Gasteiger partial charge in [0.2, 0.25) is 5.91 Å². The van der Waals surface area contributed by atoms with Gasteiger partial charge in [0.25, 0.3) is 0 Å². The summed E-state index contributed by atoms with van der Waals surface area (Å²) in [4.78, 5) is 16.3. The predicted molar refractivity (Wildman–Crippen MR) is 83.3 cm³/mol. The maximum absolute atomic E-state index is 11.6. The molecular weight excluding hydrogens is 290 g/mol. The van der Waals surface area contributed by atoms with Gasteiger partial charge < -0.3 is 10.3 Å². The molecule has 21 heavy (non-hydrogen) atoms. The first kappa shape index (κ1) is 15.8. The summed E-state index contributed by atoms with van der Waals surface area (Å²) in [6, 6.07) is 0. The third kappa shape index (κ3) is 2.77. The van der Waals surface area contributed by atoms with E-state index in [1.54, 1.807) is 0 Å². The molecule has 0 aliphatic rings. The number of alkyl halides is 1. The van der Waals surface area contributed by atoms with E-state index in [2.05, 4.69) is 17.0 Å². The lowest BCUT2D eigenvalue weighted by Gasteiger charge is -2.22. The number of halogens is 1. The van der Waals surface area contributed by atoms with Crippen LogP contribution >= 0.6 is 11.6 Å². The standard InChI is InChI=1S/C14H22ClN5O/c1-5-9-11-12(19(4)18-9)20(10(17-11)6-7-15)8-14(2,3)13(16)21/h5-8H2,1-4H3,(H2,16,21). The zero-order valence-electron chi connectivity index (χ0n) is 13.0. The second-order valence-corrected chi connectivity index (χ2v) is 6.28. The van der Waals surface area contributed by atoms with E-state index in [-0.39, 0.29) is 5.91 Å². The van der Waals surface area contributed by atoms with Crippen LogP contribution in [0.3, 0.4) is 0 Å². The number of imidazole rings is 1. The molecule has 0 fully saturated rings. The Bertz CT molecular complexity index is 670. The van der Waals surface area contributed by atoms with Crippen LogP contribution in [0.15, 0.2) is 0 Å². The molecule has 7 heteroatoms. The molecule has 1 amide bonds. The number of hydrogen-bond acceptors (Lipinski definition) is 3. The highest BCUT2D eigenvalue weighted by Gasteiger charge is 2.29. The fourth-order valence-electron chi connectivity index (χ4n) is 2.44. The van der Waals surface area contributed by atoms with Crippen LogP contribution < -0.4 is 5.73 Å². The Morgan fingerprint density at radius 3 is 2.62 bits per heavy atom. The van der Waals surface area contributed by atoms with Gasteiger partial charge in [0.05, 0.1) is 11.1 Å². The summed E-state index contributed by atoms with van der Waals surface area (Å²) in [6.45, 7) is 6.19. The van der Waals surface area contributed by atoms with Gasteiger partial charge in [-0.25, -0.2) is 4.98 Å². The Hall–Kier alpha value is -1.56. The number of primary amides is 1. The molecule has 0 bridgehead atoms. The topological polar surface area (TPSA) is 78.7 Å². The lowest BCUT2D eigenvalue weighted by atomic mass is 9.92. The van der Waals surface area contributed by atoms with E-state index in [1.165, 1.54) is 0 Å². The van der Waals surface area contributed by atoms with Gasteiger partial charge >= 0.3 is 0 Å². The minimum absolute atomic E-state index is 0.334. The molecule has 116 valence electrons. The molecule has 0 saturated heterocycles. The van der Waals surface area contributed by atoms with E-state index in [1.807, 2.05) is 30.1 Å². The maximum atomic E-state index is 11.6. The van der Waals surface area contributed by atoms with Crippen molar-refractivity contribution in [1.82, 2.24) is 19.3 Å². The van der Waals surface area contributed by atoms with Gasteiger partial charge in [-0.1, -0.05) is 6.92 Å². The SMILES string of the molecule is CCc1nn(C)c2c1nc(CCCl)n2CC(C)(C)C(N)=O. The third-order valence-corrected chi connectivity index (χ3v) is 3.93. The first-order chi connectivity index (χ1) is 9.81. The highest BCUT2D eigenvalue weighted by molar-refractivity contribution is 6.17. The van der Waals surface area contributed by atoms with Crippen molar-refractivity contribution >= 4 is 28.7 Å². The molecule has 0 aliphatic carbocycles. The van der Waals surface area contributed by atoms with E-state index in [0.717, 1.165) is 29.1 Å². The fourth-order valence-corrected chi connectivity index (χ4v) is 2.61. The van der Waals surface area contributed by atoms with Crippen molar-refractivity contribution in [1.29, 1.82) is 0 Å². The summed E-state index contributed by atoms with van der Waals surface area (Å²) in [6.07, 6.45) is 1.46. The van der Waals surface area contributed by atoms with Crippen LogP contribution in [0.25, 0.3) is 11.2 Å². The van der Waals surface area contributed by atoms with E-state index in [9.17, 15) is 4.79 Å². The largest absolute Gasteiger partial charge is 0.369 e. The molecule has 0 spiro atoms. The summed E-state index contributed by atoms with van der Waals surface area (Å²) in [7, 11) is 1.89. The van der Waals surface area contributed by atoms with Crippen molar-refractivity contribution < 1.29 is 4.79 Å². The minimum atomic E-state index is -0.661. The Balaban J connectivity index is 2.61. The summed E-state index contributed by atoms with van der Waals surface area (Å²) in [5, 5.41) is 4.49. The van der Waals surface area contributed by atoms with Gasteiger partial charge in [0, 0.05) is 25.9 Å². The van der Waals surface area contributed by atoms with E-state index in [4.69, 9.17) is 17.3 Å². The van der Waals surface area contributed by atoms with E-state index < -0.39 is 5.41 Å². The van der Waals surface area contributed by atoms with Crippen molar-refractivity contribution in [2.75, 3.05) is 5.88 Å². The molecule has 0 aromatic carbocycles. The molecule has 2 N–H and O–H groups in total. The highest BCUT2D eigenvalue weighted by Crippen LogP contribution is 2.25. The Kier molecular flexibility index (Phi) is 4.27. The average molecular weight is 312 g/mol.